The molecule has 0 saturated carbocycles. The number of imidazole rings is 1. The molecule has 0 spiro atoms. The Bertz CT molecular complexity index is 573. The Morgan fingerprint density at radius 1 is 1.42 bits per heavy atom. The van der Waals surface area contributed by atoms with Gasteiger partial charge in [0.1, 0.15) is 11.3 Å². The molecule has 2 aromatic heterocycles. The first-order valence-electron chi connectivity index (χ1n) is 7.26. The highest BCUT2D eigenvalue weighted by molar-refractivity contribution is 5.71. The van der Waals surface area contributed by atoms with Gasteiger partial charge in [-0.1, -0.05) is 0 Å². The van der Waals surface area contributed by atoms with Gasteiger partial charge < -0.3 is 9.47 Å². The summed E-state index contributed by atoms with van der Waals surface area (Å²) in [6.07, 6.45) is 3.07. The molecule has 102 valence electrons. The zero-order valence-corrected chi connectivity index (χ0v) is 12.0. The van der Waals surface area contributed by atoms with Gasteiger partial charge in [0.25, 0.3) is 0 Å². The van der Waals surface area contributed by atoms with Crippen LogP contribution in [0.4, 0.5) is 0 Å². The van der Waals surface area contributed by atoms with Crippen LogP contribution in [0.2, 0.25) is 0 Å². The van der Waals surface area contributed by atoms with Crippen LogP contribution in [-0.4, -0.2) is 38.6 Å². The minimum Gasteiger partial charge on any atom is -0.313 e. The SMILES string of the molecule is CCn1c(C2CCN(C(C)C)C2)nc2cccnc21. The van der Waals surface area contributed by atoms with Crippen LogP contribution in [0.1, 0.15) is 38.9 Å². The van der Waals surface area contributed by atoms with Gasteiger partial charge >= 0.3 is 0 Å². The van der Waals surface area contributed by atoms with Crippen molar-refractivity contribution in [1.29, 1.82) is 0 Å². The number of hydrogen-bond acceptors (Lipinski definition) is 3. The van der Waals surface area contributed by atoms with Crippen molar-refractivity contribution in [2.24, 2.45) is 0 Å². The fourth-order valence-corrected chi connectivity index (χ4v) is 3.07. The molecule has 1 fully saturated rings. The summed E-state index contributed by atoms with van der Waals surface area (Å²) in [7, 11) is 0. The summed E-state index contributed by atoms with van der Waals surface area (Å²) in [6.45, 7) is 9.97. The van der Waals surface area contributed by atoms with Gasteiger partial charge in [-0.15, -0.1) is 0 Å². The maximum atomic E-state index is 4.83. The number of hydrogen-bond donors (Lipinski definition) is 0. The standard InChI is InChI=1S/C15H22N4/c1-4-19-14(12-7-9-18(10-12)11(2)3)17-13-6-5-8-16-15(13)19/h5-6,8,11-12H,4,7,9-10H2,1-3H3. The second-order valence-electron chi connectivity index (χ2n) is 5.63. The van der Waals surface area contributed by atoms with Crippen molar-refractivity contribution in [3.05, 3.63) is 24.2 Å². The summed E-state index contributed by atoms with van der Waals surface area (Å²) < 4.78 is 2.28. The molecule has 1 unspecified atom stereocenters. The fourth-order valence-electron chi connectivity index (χ4n) is 3.07. The highest BCUT2D eigenvalue weighted by atomic mass is 15.2. The summed E-state index contributed by atoms with van der Waals surface area (Å²) in [5.41, 5.74) is 2.06. The summed E-state index contributed by atoms with van der Waals surface area (Å²) in [6, 6.07) is 4.66. The van der Waals surface area contributed by atoms with Crippen LogP contribution in [0.25, 0.3) is 11.2 Å². The third kappa shape index (κ3) is 2.14. The molecular weight excluding hydrogens is 236 g/mol. The average Bonchev–Trinajstić information content (AvgIpc) is 3.02. The Kier molecular flexibility index (Phi) is 3.27. The Hall–Kier alpha value is -1.42. The van der Waals surface area contributed by atoms with Gasteiger partial charge in [-0.25, -0.2) is 9.97 Å². The largest absolute Gasteiger partial charge is 0.313 e. The first-order chi connectivity index (χ1) is 9.20. The molecule has 0 N–H and O–H groups in total. The smallest absolute Gasteiger partial charge is 0.159 e. The number of nitrogens with zero attached hydrogens (tertiary/aromatic N) is 4. The Balaban J connectivity index is 1.97. The second-order valence-corrected chi connectivity index (χ2v) is 5.63. The van der Waals surface area contributed by atoms with E-state index in [2.05, 4.69) is 41.3 Å². The predicted molar refractivity (Wildman–Crippen MR) is 77.3 cm³/mol. The van der Waals surface area contributed by atoms with Crippen LogP contribution in [-0.2, 0) is 6.54 Å². The number of pyridine rings is 1. The first kappa shape index (κ1) is 12.6. The molecule has 4 heteroatoms. The minimum absolute atomic E-state index is 0.552. The highest BCUT2D eigenvalue weighted by Crippen LogP contribution is 2.29. The lowest BCUT2D eigenvalue weighted by molar-refractivity contribution is 0.271. The van der Waals surface area contributed by atoms with E-state index in [-0.39, 0.29) is 0 Å². The van der Waals surface area contributed by atoms with E-state index in [1.807, 2.05) is 12.3 Å². The Morgan fingerprint density at radius 2 is 2.26 bits per heavy atom. The van der Waals surface area contributed by atoms with Gasteiger partial charge in [0.2, 0.25) is 0 Å². The molecule has 0 aromatic carbocycles. The summed E-state index contributed by atoms with van der Waals surface area (Å²) in [5.74, 6) is 1.77. The number of aromatic nitrogens is 3. The lowest BCUT2D eigenvalue weighted by Crippen LogP contribution is -2.28. The van der Waals surface area contributed by atoms with E-state index in [4.69, 9.17) is 4.98 Å². The van der Waals surface area contributed by atoms with Gasteiger partial charge in [0, 0.05) is 31.2 Å². The molecule has 1 saturated heterocycles. The van der Waals surface area contributed by atoms with Gasteiger partial charge in [-0.05, 0) is 45.9 Å². The van der Waals surface area contributed by atoms with Gasteiger partial charge in [0.15, 0.2) is 5.65 Å². The quantitative estimate of drug-likeness (QED) is 0.848. The molecule has 4 nitrogen and oxygen atoms in total. The summed E-state index contributed by atoms with van der Waals surface area (Å²) in [5, 5.41) is 0. The predicted octanol–water partition coefficient (Wildman–Crippen LogP) is 2.65. The van der Waals surface area contributed by atoms with Crippen LogP contribution in [0.3, 0.4) is 0 Å². The van der Waals surface area contributed by atoms with E-state index in [1.165, 1.54) is 18.8 Å². The van der Waals surface area contributed by atoms with Gasteiger partial charge in [0.05, 0.1) is 0 Å². The molecule has 0 radical (unpaired) electrons. The molecule has 1 aliphatic rings. The minimum atomic E-state index is 0.552. The van der Waals surface area contributed by atoms with Crippen molar-refractivity contribution < 1.29 is 0 Å². The van der Waals surface area contributed by atoms with Crippen LogP contribution in [0, 0.1) is 0 Å². The Labute approximate surface area is 114 Å². The summed E-state index contributed by atoms with van der Waals surface area (Å²) in [4.78, 5) is 11.9. The molecule has 19 heavy (non-hydrogen) atoms. The van der Waals surface area contributed by atoms with Crippen molar-refractivity contribution in [2.45, 2.75) is 45.7 Å². The average molecular weight is 258 g/mol. The third-order valence-electron chi connectivity index (χ3n) is 4.16. The van der Waals surface area contributed by atoms with Crippen molar-refractivity contribution >= 4 is 11.2 Å². The monoisotopic (exact) mass is 258 g/mol. The Morgan fingerprint density at radius 3 is 2.95 bits per heavy atom. The van der Waals surface area contributed by atoms with E-state index >= 15 is 0 Å². The van der Waals surface area contributed by atoms with Crippen LogP contribution >= 0.6 is 0 Å². The molecule has 3 heterocycles. The zero-order chi connectivity index (χ0) is 13.4. The summed E-state index contributed by atoms with van der Waals surface area (Å²) >= 11 is 0. The molecule has 1 atom stereocenters. The van der Waals surface area contributed by atoms with Crippen molar-refractivity contribution in [3.63, 3.8) is 0 Å². The zero-order valence-electron chi connectivity index (χ0n) is 12.0. The lowest BCUT2D eigenvalue weighted by Gasteiger charge is -2.20. The molecule has 0 aliphatic carbocycles. The second kappa shape index (κ2) is 4.93. The number of fused-ring (bicyclic) bond motifs is 1. The van der Waals surface area contributed by atoms with E-state index in [0.717, 1.165) is 24.3 Å². The number of rotatable bonds is 3. The molecule has 3 rings (SSSR count). The van der Waals surface area contributed by atoms with Gasteiger partial charge in [-0.3, -0.25) is 0 Å². The highest BCUT2D eigenvalue weighted by Gasteiger charge is 2.29. The van der Waals surface area contributed by atoms with Crippen LogP contribution in [0.5, 0.6) is 0 Å². The van der Waals surface area contributed by atoms with Crippen molar-refractivity contribution in [3.8, 4) is 0 Å². The van der Waals surface area contributed by atoms with E-state index < -0.39 is 0 Å². The van der Waals surface area contributed by atoms with Crippen LogP contribution in [0.15, 0.2) is 18.3 Å². The first-order valence-corrected chi connectivity index (χ1v) is 7.26. The lowest BCUT2D eigenvalue weighted by atomic mass is 10.1. The molecule has 0 bridgehead atoms. The topological polar surface area (TPSA) is 34.0 Å². The molecular formula is C15H22N4. The normalized spacial score (nSPS) is 20.7. The van der Waals surface area contributed by atoms with E-state index in [1.54, 1.807) is 0 Å². The van der Waals surface area contributed by atoms with E-state index in [0.29, 0.717) is 12.0 Å². The molecule has 0 amide bonds. The van der Waals surface area contributed by atoms with Crippen molar-refractivity contribution in [2.75, 3.05) is 13.1 Å². The maximum Gasteiger partial charge on any atom is 0.159 e. The fraction of sp³-hybridized carbons (Fsp3) is 0.600. The number of likely N-dealkylation sites (tertiary alicyclic amines) is 1. The van der Waals surface area contributed by atoms with Gasteiger partial charge in [-0.2, -0.15) is 0 Å². The maximum absolute atomic E-state index is 4.83. The van der Waals surface area contributed by atoms with Crippen molar-refractivity contribution in [1.82, 2.24) is 19.4 Å². The third-order valence-corrected chi connectivity index (χ3v) is 4.16. The molecule has 1 aliphatic heterocycles. The molecule has 2 aromatic rings. The number of aryl methyl sites for hydroxylation is 1. The van der Waals surface area contributed by atoms with E-state index in [9.17, 15) is 0 Å². The van der Waals surface area contributed by atoms with Crippen LogP contribution < -0.4 is 0 Å².